The van der Waals surface area contributed by atoms with Crippen molar-refractivity contribution in [3.63, 3.8) is 0 Å². The topological polar surface area (TPSA) is 53.9 Å². The number of carbonyl (C=O) groups excluding carboxylic acids is 2. The lowest BCUT2D eigenvalue weighted by Crippen LogP contribution is -3.14. The maximum absolute atomic E-state index is 12.7. The minimum atomic E-state index is -0.123. The Morgan fingerprint density at radius 3 is 2.77 bits per heavy atom. The van der Waals surface area contributed by atoms with E-state index in [0.717, 1.165) is 11.4 Å². The number of carbonyl (C=O) groups is 2. The molecule has 2 aliphatic rings. The van der Waals surface area contributed by atoms with E-state index in [1.165, 1.54) is 37.0 Å². The molecule has 1 unspecified atom stereocenters. The number of quaternary nitrogens is 1. The van der Waals surface area contributed by atoms with Gasteiger partial charge in [-0.15, -0.1) is 0 Å². The summed E-state index contributed by atoms with van der Waals surface area (Å²) in [5.74, 6) is -0.0901. The molecule has 118 valence electrons. The Labute approximate surface area is 131 Å². The van der Waals surface area contributed by atoms with E-state index < -0.39 is 0 Å². The SMILES string of the molecule is C[NH+](CC(=O)N1CC(=O)Nc2ccccc21)C1CCCCC1. The first-order valence-electron chi connectivity index (χ1n) is 8.16. The summed E-state index contributed by atoms with van der Waals surface area (Å²) in [5, 5.41) is 2.82. The van der Waals surface area contributed by atoms with Crippen LogP contribution in [0.25, 0.3) is 0 Å². The molecule has 0 aromatic heterocycles. The Morgan fingerprint density at radius 2 is 2.00 bits per heavy atom. The second kappa shape index (κ2) is 6.48. The van der Waals surface area contributed by atoms with E-state index in [-0.39, 0.29) is 18.4 Å². The molecular weight excluding hydrogens is 278 g/mol. The van der Waals surface area contributed by atoms with Crippen LogP contribution in [0.15, 0.2) is 24.3 Å². The number of amides is 2. The number of anilines is 2. The maximum atomic E-state index is 12.7. The Hall–Kier alpha value is -1.88. The molecule has 1 aromatic carbocycles. The van der Waals surface area contributed by atoms with Gasteiger partial charge in [0.15, 0.2) is 6.54 Å². The van der Waals surface area contributed by atoms with E-state index in [0.29, 0.717) is 12.6 Å². The lowest BCUT2D eigenvalue weighted by molar-refractivity contribution is -0.899. The van der Waals surface area contributed by atoms with Crippen molar-refractivity contribution >= 4 is 23.2 Å². The normalized spacial score (nSPS) is 20.2. The van der Waals surface area contributed by atoms with Gasteiger partial charge in [0.1, 0.15) is 6.54 Å². The number of rotatable bonds is 3. The molecule has 0 spiro atoms. The Balaban J connectivity index is 1.70. The van der Waals surface area contributed by atoms with Crippen LogP contribution < -0.4 is 15.1 Å². The molecule has 2 amide bonds. The third kappa shape index (κ3) is 3.14. The minimum absolute atomic E-state index is 0.0328. The van der Waals surface area contributed by atoms with Crippen LogP contribution in [0, 0.1) is 0 Å². The number of hydrogen-bond acceptors (Lipinski definition) is 2. The van der Waals surface area contributed by atoms with E-state index in [4.69, 9.17) is 0 Å². The smallest absolute Gasteiger partial charge is 0.282 e. The van der Waals surface area contributed by atoms with Crippen LogP contribution in [-0.4, -0.2) is 38.0 Å². The van der Waals surface area contributed by atoms with Crippen molar-refractivity contribution < 1.29 is 14.5 Å². The van der Waals surface area contributed by atoms with Crippen molar-refractivity contribution in [1.82, 2.24) is 0 Å². The second-order valence-electron chi connectivity index (χ2n) is 6.40. The van der Waals surface area contributed by atoms with Gasteiger partial charge < -0.3 is 10.2 Å². The van der Waals surface area contributed by atoms with Gasteiger partial charge in [0.05, 0.1) is 24.5 Å². The van der Waals surface area contributed by atoms with E-state index in [9.17, 15) is 9.59 Å². The summed E-state index contributed by atoms with van der Waals surface area (Å²) in [7, 11) is 2.10. The lowest BCUT2D eigenvalue weighted by Gasteiger charge is -2.32. The van der Waals surface area contributed by atoms with Crippen LogP contribution in [0.2, 0.25) is 0 Å². The van der Waals surface area contributed by atoms with Crippen molar-refractivity contribution in [2.45, 2.75) is 38.1 Å². The molecule has 0 bridgehead atoms. The minimum Gasteiger partial charge on any atom is -0.327 e. The van der Waals surface area contributed by atoms with Gasteiger partial charge in [0.2, 0.25) is 5.91 Å². The van der Waals surface area contributed by atoms with E-state index >= 15 is 0 Å². The summed E-state index contributed by atoms with van der Waals surface area (Å²) in [5.41, 5.74) is 1.53. The maximum Gasteiger partial charge on any atom is 0.282 e. The molecule has 1 saturated carbocycles. The molecule has 1 aromatic rings. The summed E-state index contributed by atoms with van der Waals surface area (Å²) in [6.07, 6.45) is 6.26. The van der Waals surface area contributed by atoms with Gasteiger partial charge in [-0.25, -0.2) is 0 Å². The molecule has 3 rings (SSSR count). The Kier molecular flexibility index (Phi) is 4.43. The highest BCUT2D eigenvalue weighted by atomic mass is 16.2. The van der Waals surface area contributed by atoms with Gasteiger partial charge in [-0.3, -0.25) is 14.5 Å². The molecule has 1 heterocycles. The fourth-order valence-corrected chi connectivity index (χ4v) is 3.53. The van der Waals surface area contributed by atoms with Gasteiger partial charge >= 0.3 is 0 Å². The molecule has 1 fully saturated rings. The third-order valence-electron chi connectivity index (χ3n) is 4.80. The van der Waals surface area contributed by atoms with Crippen molar-refractivity contribution in [1.29, 1.82) is 0 Å². The fraction of sp³-hybridized carbons (Fsp3) is 0.529. The summed E-state index contributed by atoms with van der Waals surface area (Å²) >= 11 is 0. The van der Waals surface area contributed by atoms with Crippen LogP contribution >= 0.6 is 0 Å². The van der Waals surface area contributed by atoms with Crippen LogP contribution in [0.5, 0.6) is 0 Å². The van der Waals surface area contributed by atoms with Gasteiger partial charge in [0, 0.05) is 0 Å². The predicted octanol–water partition coefficient (Wildman–Crippen LogP) is 0.819. The molecule has 0 radical (unpaired) electrons. The number of likely N-dealkylation sites (N-methyl/N-ethyl adjacent to an activating group) is 1. The quantitative estimate of drug-likeness (QED) is 0.868. The molecule has 1 aliphatic carbocycles. The third-order valence-corrected chi connectivity index (χ3v) is 4.80. The van der Waals surface area contributed by atoms with E-state index in [2.05, 4.69) is 12.4 Å². The average Bonchev–Trinajstić information content (AvgIpc) is 2.54. The summed E-state index contributed by atoms with van der Waals surface area (Å²) in [6, 6.07) is 8.07. The van der Waals surface area contributed by atoms with E-state index in [1.54, 1.807) is 4.90 Å². The largest absolute Gasteiger partial charge is 0.327 e. The van der Waals surface area contributed by atoms with Crippen LogP contribution in [0.1, 0.15) is 32.1 Å². The lowest BCUT2D eigenvalue weighted by atomic mass is 9.94. The Morgan fingerprint density at radius 1 is 1.27 bits per heavy atom. The number of fused-ring (bicyclic) bond motifs is 1. The first kappa shape index (κ1) is 15.0. The van der Waals surface area contributed by atoms with Gasteiger partial charge in [0.25, 0.3) is 5.91 Å². The highest BCUT2D eigenvalue weighted by Gasteiger charge is 2.30. The molecule has 2 N–H and O–H groups in total. The first-order chi connectivity index (χ1) is 10.6. The van der Waals surface area contributed by atoms with E-state index in [1.807, 2.05) is 24.3 Å². The number of nitrogens with one attached hydrogen (secondary N) is 2. The van der Waals surface area contributed by atoms with Crippen molar-refractivity contribution in [2.75, 3.05) is 30.4 Å². The zero-order chi connectivity index (χ0) is 15.5. The van der Waals surface area contributed by atoms with Crippen LogP contribution in [-0.2, 0) is 9.59 Å². The summed E-state index contributed by atoms with van der Waals surface area (Å²) in [4.78, 5) is 27.4. The van der Waals surface area contributed by atoms with Gasteiger partial charge in [-0.05, 0) is 37.8 Å². The van der Waals surface area contributed by atoms with Crippen LogP contribution in [0.4, 0.5) is 11.4 Å². The number of para-hydroxylation sites is 2. The second-order valence-corrected chi connectivity index (χ2v) is 6.40. The predicted molar refractivity (Wildman–Crippen MR) is 86.1 cm³/mol. The Bertz CT molecular complexity index is 567. The van der Waals surface area contributed by atoms with Crippen molar-refractivity contribution in [3.05, 3.63) is 24.3 Å². The van der Waals surface area contributed by atoms with Gasteiger partial charge in [-0.1, -0.05) is 18.6 Å². The number of hydrogen-bond donors (Lipinski definition) is 2. The first-order valence-corrected chi connectivity index (χ1v) is 8.16. The molecule has 1 atom stereocenters. The molecule has 0 saturated heterocycles. The average molecular weight is 302 g/mol. The number of nitrogens with zero attached hydrogens (tertiary/aromatic N) is 1. The van der Waals surface area contributed by atoms with Crippen LogP contribution in [0.3, 0.4) is 0 Å². The highest BCUT2D eigenvalue weighted by molar-refractivity contribution is 6.10. The molecular formula is C17H24N3O2+. The highest BCUT2D eigenvalue weighted by Crippen LogP contribution is 2.28. The van der Waals surface area contributed by atoms with Crippen molar-refractivity contribution in [3.8, 4) is 0 Å². The molecule has 1 aliphatic heterocycles. The van der Waals surface area contributed by atoms with Gasteiger partial charge in [-0.2, -0.15) is 0 Å². The molecule has 22 heavy (non-hydrogen) atoms. The zero-order valence-electron chi connectivity index (χ0n) is 13.1. The molecule has 5 nitrogen and oxygen atoms in total. The van der Waals surface area contributed by atoms with Crippen molar-refractivity contribution in [2.24, 2.45) is 0 Å². The monoisotopic (exact) mass is 302 g/mol. The molecule has 5 heteroatoms. The summed E-state index contributed by atoms with van der Waals surface area (Å²) < 4.78 is 0. The zero-order valence-corrected chi connectivity index (χ0v) is 13.1. The fourth-order valence-electron chi connectivity index (χ4n) is 3.53. The standard InChI is InChI=1S/C17H23N3O2/c1-19(13-7-3-2-4-8-13)12-17(22)20-11-16(21)18-14-9-5-6-10-15(14)20/h5-6,9-10,13H,2-4,7-8,11-12H2,1H3,(H,18,21)/p+1. The summed E-state index contributed by atoms with van der Waals surface area (Å²) in [6.45, 7) is 0.570. The number of benzene rings is 1.